The summed E-state index contributed by atoms with van der Waals surface area (Å²) in [5, 5.41) is 21.9. The molecule has 1 heterocycles. The van der Waals surface area contributed by atoms with Gasteiger partial charge < -0.3 is 26.0 Å². The van der Waals surface area contributed by atoms with Crippen LogP contribution < -0.4 is 16.7 Å². The lowest BCUT2D eigenvalue weighted by molar-refractivity contribution is -0.158. The molecule has 0 aliphatic rings. The Labute approximate surface area is 115 Å². The summed E-state index contributed by atoms with van der Waals surface area (Å²) in [4.78, 5) is 15.2. The fourth-order valence-corrected chi connectivity index (χ4v) is 1.69. The highest BCUT2D eigenvalue weighted by molar-refractivity contribution is 5.30. The maximum Gasteiger partial charge on any atom is 0.351 e. The summed E-state index contributed by atoms with van der Waals surface area (Å²) in [6.07, 6.45) is -2.84. The van der Waals surface area contributed by atoms with Crippen LogP contribution in [-0.4, -0.2) is 58.8 Å². The summed E-state index contributed by atoms with van der Waals surface area (Å²) in [5.74, 6) is 0.270. The maximum absolute atomic E-state index is 14.3. The number of nitrogens with zero attached hydrogens (tertiary/aromatic N) is 2. The quantitative estimate of drug-likeness (QED) is 0.479. The normalized spacial score (nSPS) is 17.3. The highest BCUT2D eigenvalue weighted by atomic mass is 19.1. The minimum atomic E-state index is -2.16. The number of hydrogen-bond acceptors (Lipinski definition) is 7. The lowest BCUT2D eigenvalue weighted by Gasteiger charge is -2.35. The average Bonchev–Trinajstić information content (AvgIpc) is 2.48. The lowest BCUT2D eigenvalue weighted by atomic mass is 9.96. The van der Waals surface area contributed by atoms with Crippen molar-refractivity contribution in [2.75, 3.05) is 32.6 Å². The minimum absolute atomic E-state index is 0.270. The van der Waals surface area contributed by atoms with Crippen LogP contribution in [0.5, 0.6) is 0 Å². The number of nitrogens with one attached hydrogen (secondary N) is 1. The fourth-order valence-electron chi connectivity index (χ4n) is 1.69. The first kappa shape index (κ1) is 16.5. The van der Waals surface area contributed by atoms with Gasteiger partial charge in [-0.25, -0.2) is 9.18 Å². The summed E-state index contributed by atoms with van der Waals surface area (Å²) in [6, 6.07) is 1.37. The molecule has 0 aliphatic heterocycles. The van der Waals surface area contributed by atoms with Crippen molar-refractivity contribution in [3.63, 3.8) is 0 Å². The Balaban J connectivity index is 3.11. The van der Waals surface area contributed by atoms with E-state index in [-0.39, 0.29) is 12.4 Å². The van der Waals surface area contributed by atoms with Gasteiger partial charge in [0.2, 0.25) is 6.30 Å². The van der Waals surface area contributed by atoms with Gasteiger partial charge in [-0.2, -0.15) is 4.98 Å². The number of hydrogen-bond donors (Lipinski definition) is 4. The second-order valence-corrected chi connectivity index (χ2v) is 4.20. The number of aliphatic hydroxyl groups is 2. The molecule has 0 aromatic carbocycles. The largest absolute Gasteiger partial charge is 0.393 e. The Hall–Kier alpha value is -1.55. The molecule has 0 bridgehead atoms. The molecular weight excluding hydrogens is 271 g/mol. The molecule has 114 valence electrons. The fraction of sp³-hybridized carbons (Fsp3) is 0.636. The number of anilines is 1. The highest BCUT2D eigenvalue weighted by Crippen LogP contribution is 2.24. The van der Waals surface area contributed by atoms with E-state index in [2.05, 4.69) is 10.3 Å². The van der Waals surface area contributed by atoms with Crippen LogP contribution in [0.3, 0.4) is 0 Å². The van der Waals surface area contributed by atoms with E-state index in [9.17, 15) is 19.4 Å². The monoisotopic (exact) mass is 290 g/mol. The van der Waals surface area contributed by atoms with Crippen LogP contribution in [0.15, 0.2) is 17.1 Å². The molecule has 1 aromatic rings. The van der Waals surface area contributed by atoms with Crippen LogP contribution in [0, 0.1) is 0 Å². The molecule has 0 unspecified atom stereocenters. The Bertz CT molecular complexity index is 483. The summed E-state index contributed by atoms with van der Waals surface area (Å²) >= 11 is 0. The van der Waals surface area contributed by atoms with Gasteiger partial charge in [-0.1, -0.05) is 0 Å². The molecule has 0 aliphatic carbocycles. The van der Waals surface area contributed by atoms with E-state index in [1.165, 1.54) is 13.2 Å². The second-order valence-electron chi connectivity index (χ2n) is 4.20. The Morgan fingerprint density at radius 3 is 2.75 bits per heavy atom. The Morgan fingerprint density at radius 2 is 2.35 bits per heavy atom. The van der Waals surface area contributed by atoms with Gasteiger partial charge in [0.15, 0.2) is 0 Å². The summed E-state index contributed by atoms with van der Waals surface area (Å²) in [5.41, 5.74) is 2.82. The maximum atomic E-state index is 14.3. The zero-order valence-electron chi connectivity index (χ0n) is 11.3. The van der Waals surface area contributed by atoms with E-state index in [4.69, 9.17) is 10.5 Å². The molecule has 0 spiro atoms. The van der Waals surface area contributed by atoms with E-state index < -0.39 is 30.3 Å². The van der Waals surface area contributed by atoms with Gasteiger partial charge >= 0.3 is 5.69 Å². The van der Waals surface area contributed by atoms with E-state index in [0.29, 0.717) is 4.57 Å². The third-order valence-corrected chi connectivity index (χ3v) is 3.17. The van der Waals surface area contributed by atoms with E-state index in [1.807, 2.05) is 0 Å². The van der Waals surface area contributed by atoms with Crippen molar-refractivity contribution in [1.82, 2.24) is 9.55 Å². The third kappa shape index (κ3) is 2.96. The van der Waals surface area contributed by atoms with E-state index in [1.54, 1.807) is 7.05 Å². The molecule has 8 nitrogen and oxygen atoms in total. The van der Waals surface area contributed by atoms with E-state index >= 15 is 0 Å². The molecule has 5 N–H and O–H groups in total. The SMILES string of the molecule is CNc1ccn([C@H](F)[C@H](O)[C@@](CN)(CO)OC)c(=O)n1. The zero-order chi connectivity index (χ0) is 15.3. The molecule has 0 saturated carbocycles. The number of nitrogens with two attached hydrogens (primary N) is 1. The average molecular weight is 290 g/mol. The van der Waals surface area contributed by atoms with Crippen LogP contribution in [0.1, 0.15) is 6.30 Å². The second kappa shape index (κ2) is 6.75. The number of methoxy groups -OCH3 is 1. The molecule has 0 fully saturated rings. The standard InChI is InChI=1S/C11H19FN4O4/c1-14-7-3-4-16(10(19)15-7)9(12)8(18)11(5-13,6-17)20-2/h3-4,8-9,17-18H,5-6,13H2,1-2H3,(H,14,15,19)/t8-,9-,11+/m0/s1. The van der Waals surface area contributed by atoms with Crippen LogP contribution in [-0.2, 0) is 4.74 Å². The number of alkyl halides is 1. The first-order chi connectivity index (χ1) is 9.45. The van der Waals surface area contributed by atoms with Crippen molar-refractivity contribution >= 4 is 5.82 Å². The van der Waals surface area contributed by atoms with Crippen molar-refractivity contribution in [3.05, 3.63) is 22.7 Å². The first-order valence-corrected chi connectivity index (χ1v) is 5.91. The lowest BCUT2D eigenvalue weighted by Crippen LogP contribution is -2.56. The molecule has 20 heavy (non-hydrogen) atoms. The van der Waals surface area contributed by atoms with Gasteiger partial charge in [0.1, 0.15) is 17.5 Å². The number of halogens is 1. The number of aliphatic hydroxyl groups excluding tert-OH is 2. The van der Waals surface area contributed by atoms with Crippen molar-refractivity contribution in [1.29, 1.82) is 0 Å². The van der Waals surface area contributed by atoms with Crippen molar-refractivity contribution in [2.45, 2.75) is 18.0 Å². The predicted molar refractivity (Wildman–Crippen MR) is 70.1 cm³/mol. The summed E-state index contributed by atoms with van der Waals surface area (Å²) in [7, 11) is 2.74. The molecule has 0 radical (unpaired) electrons. The third-order valence-electron chi connectivity index (χ3n) is 3.17. The van der Waals surface area contributed by atoms with Crippen LogP contribution >= 0.6 is 0 Å². The smallest absolute Gasteiger partial charge is 0.351 e. The van der Waals surface area contributed by atoms with Gasteiger partial charge in [-0.15, -0.1) is 0 Å². The summed E-state index contributed by atoms with van der Waals surface area (Å²) in [6.45, 7) is -1.02. The summed E-state index contributed by atoms with van der Waals surface area (Å²) < 4.78 is 19.8. The van der Waals surface area contributed by atoms with Crippen molar-refractivity contribution < 1.29 is 19.3 Å². The predicted octanol–water partition coefficient (Wildman–Crippen LogP) is -1.55. The number of rotatable bonds is 7. The number of ether oxygens (including phenoxy) is 1. The highest BCUT2D eigenvalue weighted by Gasteiger charge is 2.42. The van der Waals surface area contributed by atoms with Crippen LogP contribution in [0.2, 0.25) is 0 Å². The van der Waals surface area contributed by atoms with Gasteiger partial charge in [-0.05, 0) is 6.07 Å². The topological polar surface area (TPSA) is 123 Å². The molecule has 0 amide bonds. The van der Waals surface area contributed by atoms with Crippen molar-refractivity contribution in [2.24, 2.45) is 5.73 Å². The molecule has 9 heteroatoms. The first-order valence-electron chi connectivity index (χ1n) is 5.91. The minimum Gasteiger partial charge on any atom is -0.393 e. The molecule has 3 atom stereocenters. The van der Waals surface area contributed by atoms with Gasteiger partial charge in [0.05, 0.1) is 6.61 Å². The molecule has 0 saturated heterocycles. The van der Waals surface area contributed by atoms with Gasteiger partial charge in [-0.3, -0.25) is 4.57 Å². The molecule has 1 aromatic heterocycles. The molecular formula is C11H19FN4O4. The molecule has 1 rings (SSSR count). The van der Waals surface area contributed by atoms with Crippen LogP contribution in [0.25, 0.3) is 0 Å². The van der Waals surface area contributed by atoms with Crippen LogP contribution in [0.4, 0.5) is 10.2 Å². The zero-order valence-corrected chi connectivity index (χ0v) is 11.3. The van der Waals surface area contributed by atoms with Gasteiger partial charge in [0.25, 0.3) is 0 Å². The van der Waals surface area contributed by atoms with E-state index in [0.717, 1.165) is 6.20 Å². The Morgan fingerprint density at radius 1 is 1.70 bits per heavy atom. The Kier molecular flexibility index (Phi) is 5.57. The van der Waals surface area contributed by atoms with Gasteiger partial charge in [0, 0.05) is 26.9 Å². The van der Waals surface area contributed by atoms with Crippen molar-refractivity contribution in [3.8, 4) is 0 Å². The number of aromatic nitrogens is 2.